The minimum Gasteiger partial charge on any atom is -0.497 e. The fourth-order valence-electron chi connectivity index (χ4n) is 5.48. The van der Waals surface area contributed by atoms with Crippen molar-refractivity contribution in [2.45, 2.75) is 44.3 Å². The summed E-state index contributed by atoms with van der Waals surface area (Å²) in [6.07, 6.45) is 3.37. The molecule has 3 atom stereocenters. The molecule has 1 aliphatic heterocycles. The summed E-state index contributed by atoms with van der Waals surface area (Å²) in [6, 6.07) is 27.3. The lowest BCUT2D eigenvalue weighted by Gasteiger charge is -2.35. The van der Waals surface area contributed by atoms with Crippen LogP contribution < -0.4 is 9.64 Å². The Morgan fingerprint density at radius 1 is 0.857 bits per heavy atom. The zero-order valence-corrected chi connectivity index (χ0v) is 20.0. The Bertz CT molecular complexity index is 1130. The van der Waals surface area contributed by atoms with Crippen molar-refractivity contribution in [2.75, 3.05) is 12.0 Å². The van der Waals surface area contributed by atoms with E-state index >= 15 is 0 Å². The maximum atomic E-state index is 14.1. The van der Waals surface area contributed by atoms with Gasteiger partial charge in [-0.1, -0.05) is 67.1 Å². The highest BCUT2D eigenvalue weighted by molar-refractivity contribution is 5.97. The van der Waals surface area contributed by atoms with Gasteiger partial charge in [0.15, 0.2) is 0 Å². The van der Waals surface area contributed by atoms with Crippen molar-refractivity contribution in [1.29, 1.82) is 0 Å². The summed E-state index contributed by atoms with van der Waals surface area (Å²) >= 11 is 0. The highest BCUT2D eigenvalue weighted by Crippen LogP contribution is 2.45. The van der Waals surface area contributed by atoms with Gasteiger partial charge in [0.25, 0.3) is 0 Å². The topological polar surface area (TPSA) is 81.3 Å². The van der Waals surface area contributed by atoms with E-state index in [1.165, 1.54) is 0 Å². The Hall–Kier alpha value is -3.64. The third kappa shape index (κ3) is 4.80. The van der Waals surface area contributed by atoms with E-state index in [1.807, 2.05) is 82.6 Å². The summed E-state index contributed by atoms with van der Waals surface area (Å²) in [6.45, 7) is 0.476. The van der Waals surface area contributed by atoms with Crippen LogP contribution in [0.4, 0.5) is 10.5 Å². The van der Waals surface area contributed by atoms with E-state index in [1.54, 1.807) is 7.11 Å². The molecule has 2 aliphatic rings. The highest BCUT2D eigenvalue weighted by Gasteiger charge is 2.52. The van der Waals surface area contributed by atoms with Crippen molar-refractivity contribution in [3.8, 4) is 5.75 Å². The van der Waals surface area contributed by atoms with Gasteiger partial charge < -0.3 is 15.1 Å². The number of nitrogens with zero attached hydrogens (tertiary/aromatic N) is 2. The molecule has 1 saturated carbocycles. The van der Waals surface area contributed by atoms with E-state index in [4.69, 9.17) is 4.74 Å². The third-order valence-electron chi connectivity index (χ3n) is 7.11. The van der Waals surface area contributed by atoms with Crippen LogP contribution in [-0.4, -0.2) is 35.3 Å². The molecule has 1 unspecified atom stereocenters. The normalized spacial score (nSPS) is 22.1. The van der Waals surface area contributed by atoms with Gasteiger partial charge in [0.05, 0.1) is 19.2 Å². The molecule has 0 radical (unpaired) electrons. The SMILES string of the molecule is COc1ccc(N2C(=O)N(Cc3ccccc3)[C@@H](C3CCCCC3=O)[C@@H]2c2ccccc2)cc1.O. The van der Waals surface area contributed by atoms with Crippen LogP contribution in [0.2, 0.25) is 0 Å². The van der Waals surface area contributed by atoms with Crippen LogP contribution in [0, 0.1) is 5.92 Å². The molecule has 0 spiro atoms. The molecule has 0 aromatic heterocycles. The van der Waals surface area contributed by atoms with E-state index < -0.39 is 0 Å². The van der Waals surface area contributed by atoms with E-state index in [0.717, 1.165) is 41.8 Å². The van der Waals surface area contributed by atoms with Crippen LogP contribution in [0.25, 0.3) is 0 Å². The molecule has 3 aromatic carbocycles. The van der Waals surface area contributed by atoms with Crippen molar-refractivity contribution in [3.63, 3.8) is 0 Å². The van der Waals surface area contributed by atoms with Crippen LogP contribution >= 0.6 is 0 Å². The molecule has 2 fully saturated rings. The summed E-state index contributed by atoms with van der Waals surface area (Å²) in [7, 11) is 1.63. The maximum Gasteiger partial charge on any atom is 0.325 e. The minimum absolute atomic E-state index is 0. The molecule has 35 heavy (non-hydrogen) atoms. The zero-order valence-electron chi connectivity index (χ0n) is 20.0. The average Bonchev–Trinajstić information content (AvgIpc) is 3.17. The molecule has 0 bridgehead atoms. The molecule has 2 amide bonds. The number of Topliss-reactive ketones (excluding diaryl/α,β-unsaturated/α-hetero) is 1. The van der Waals surface area contributed by atoms with Gasteiger partial charge >= 0.3 is 6.03 Å². The number of urea groups is 1. The third-order valence-corrected chi connectivity index (χ3v) is 7.11. The van der Waals surface area contributed by atoms with Gasteiger partial charge in [-0.25, -0.2) is 4.79 Å². The smallest absolute Gasteiger partial charge is 0.325 e. The van der Waals surface area contributed by atoms with E-state index in [9.17, 15) is 9.59 Å². The number of hydrogen-bond acceptors (Lipinski definition) is 3. The Labute approximate surface area is 206 Å². The molecule has 1 saturated heterocycles. The Kier molecular flexibility index (Phi) is 7.51. The molecular formula is C29H32N2O4. The lowest BCUT2D eigenvalue weighted by molar-refractivity contribution is -0.126. The van der Waals surface area contributed by atoms with Crippen molar-refractivity contribution in [1.82, 2.24) is 4.90 Å². The first-order valence-corrected chi connectivity index (χ1v) is 12.0. The zero-order chi connectivity index (χ0) is 23.5. The molecular weight excluding hydrogens is 440 g/mol. The number of methoxy groups -OCH3 is 1. The van der Waals surface area contributed by atoms with Gasteiger partial charge in [0.1, 0.15) is 11.5 Å². The van der Waals surface area contributed by atoms with Gasteiger partial charge in [-0.15, -0.1) is 0 Å². The van der Waals surface area contributed by atoms with Crippen molar-refractivity contribution in [3.05, 3.63) is 96.1 Å². The standard InChI is InChI=1S/C29H30N2O3.H2O/c1-34-24-18-16-23(17-19-24)31-27(22-12-6-3-7-13-22)28(25-14-8-9-15-26(25)32)30(29(31)33)20-21-10-4-2-5-11-21;/h2-7,10-13,16-19,25,27-28H,8-9,14-15,20H2,1H3;1H2/t25?,27-,28-;/m0./s1. The summed E-state index contributed by atoms with van der Waals surface area (Å²) in [5.41, 5.74) is 2.92. The lowest BCUT2D eigenvalue weighted by Crippen LogP contribution is -2.43. The first kappa shape index (κ1) is 24.5. The number of ether oxygens (including phenoxy) is 1. The number of rotatable bonds is 6. The number of amides is 2. The molecule has 6 nitrogen and oxygen atoms in total. The van der Waals surface area contributed by atoms with Crippen LogP contribution in [-0.2, 0) is 11.3 Å². The maximum absolute atomic E-state index is 14.1. The molecule has 1 aliphatic carbocycles. The number of anilines is 1. The Morgan fingerprint density at radius 3 is 2.14 bits per heavy atom. The number of hydrogen-bond donors (Lipinski definition) is 0. The molecule has 1 heterocycles. The van der Waals surface area contributed by atoms with Crippen molar-refractivity contribution in [2.24, 2.45) is 5.92 Å². The first-order chi connectivity index (χ1) is 16.7. The van der Waals surface area contributed by atoms with Crippen LogP contribution in [0.3, 0.4) is 0 Å². The summed E-state index contributed by atoms with van der Waals surface area (Å²) in [5, 5.41) is 0. The van der Waals surface area contributed by atoms with Crippen LogP contribution in [0.1, 0.15) is 42.9 Å². The second kappa shape index (κ2) is 10.7. The average molecular weight is 473 g/mol. The molecule has 182 valence electrons. The molecule has 2 N–H and O–H groups in total. The van der Waals surface area contributed by atoms with Gasteiger partial charge in [0, 0.05) is 24.6 Å². The number of carbonyl (C=O) groups is 2. The van der Waals surface area contributed by atoms with Crippen LogP contribution in [0.5, 0.6) is 5.75 Å². The predicted molar refractivity (Wildman–Crippen MR) is 136 cm³/mol. The Balaban J connectivity index is 0.00000289. The van der Waals surface area contributed by atoms with E-state index in [2.05, 4.69) is 12.1 Å². The van der Waals surface area contributed by atoms with E-state index in [0.29, 0.717) is 13.0 Å². The fourth-order valence-corrected chi connectivity index (χ4v) is 5.48. The quantitative estimate of drug-likeness (QED) is 0.496. The summed E-state index contributed by atoms with van der Waals surface area (Å²) in [4.78, 5) is 31.1. The first-order valence-electron chi connectivity index (χ1n) is 12.0. The largest absolute Gasteiger partial charge is 0.497 e. The Morgan fingerprint density at radius 2 is 1.51 bits per heavy atom. The second-order valence-electron chi connectivity index (χ2n) is 9.13. The van der Waals surface area contributed by atoms with Crippen molar-refractivity contribution < 1.29 is 19.8 Å². The van der Waals surface area contributed by atoms with Gasteiger partial charge in [-0.05, 0) is 48.2 Å². The van der Waals surface area contributed by atoms with Crippen LogP contribution in [0.15, 0.2) is 84.9 Å². The number of benzene rings is 3. The minimum atomic E-state index is -0.252. The molecule has 6 heteroatoms. The van der Waals surface area contributed by atoms with Crippen molar-refractivity contribution >= 4 is 17.5 Å². The summed E-state index contributed by atoms with van der Waals surface area (Å²) < 4.78 is 5.34. The number of ketones is 1. The highest BCUT2D eigenvalue weighted by atomic mass is 16.5. The van der Waals surface area contributed by atoms with Gasteiger partial charge in [-0.2, -0.15) is 0 Å². The molecule has 3 aromatic rings. The van der Waals surface area contributed by atoms with E-state index in [-0.39, 0.29) is 35.3 Å². The predicted octanol–water partition coefficient (Wildman–Crippen LogP) is 5.18. The number of carbonyl (C=O) groups excluding carboxylic acids is 2. The summed E-state index contributed by atoms with van der Waals surface area (Å²) in [5.74, 6) is 0.848. The second-order valence-corrected chi connectivity index (χ2v) is 9.13. The fraction of sp³-hybridized carbons (Fsp3) is 0.310. The van der Waals surface area contributed by atoms with Gasteiger partial charge in [-0.3, -0.25) is 9.69 Å². The monoisotopic (exact) mass is 472 g/mol. The molecule has 5 rings (SSSR count). The lowest BCUT2D eigenvalue weighted by atomic mass is 9.78. The van der Waals surface area contributed by atoms with Gasteiger partial charge in [0.2, 0.25) is 0 Å².